The molecule has 0 unspecified atom stereocenters. The summed E-state index contributed by atoms with van der Waals surface area (Å²) in [4.78, 5) is 48.5. The summed E-state index contributed by atoms with van der Waals surface area (Å²) < 4.78 is 20.9. The molecule has 8 heteroatoms. The summed E-state index contributed by atoms with van der Waals surface area (Å²) >= 11 is 0. The smallest absolute Gasteiger partial charge is 0.347 e. The van der Waals surface area contributed by atoms with E-state index >= 15 is 0 Å². The number of rotatable bonds is 8. The minimum atomic E-state index is -0.828. The van der Waals surface area contributed by atoms with Crippen molar-refractivity contribution in [2.45, 2.75) is 27.7 Å². The molecular weight excluding hydrogens is 440 g/mol. The van der Waals surface area contributed by atoms with Crippen molar-refractivity contribution in [3.8, 4) is 23.0 Å². The van der Waals surface area contributed by atoms with Crippen LogP contribution in [0.25, 0.3) is 0 Å². The Hall–Kier alpha value is -4.46. The molecule has 0 aliphatic carbocycles. The predicted octanol–water partition coefficient (Wildman–Crippen LogP) is 4.74. The molecule has 0 spiro atoms. The number of benzene rings is 2. The molecule has 0 saturated carbocycles. The molecule has 0 heterocycles. The molecule has 176 valence electrons. The number of allylic oxidation sites excluding steroid dienone is 1. The van der Waals surface area contributed by atoms with E-state index in [1.165, 1.54) is 56.3 Å². The number of carbonyl (C=O) groups is 4. The van der Waals surface area contributed by atoms with E-state index in [9.17, 15) is 19.2 Å². The zero-order valence-electron chi connectivity index (χ0n) is 19.3. The Bertz CT molecular complexity index is 1190. The van der Waals surface area contributed by atoms with Crippen LogP contribution >= 0.6 is 0 Å². The van der Waals surface area contributed by atoms with Gasteiger partial charge in [-0.2, -0.15) is 0 Å². The van der Waals surface area contributed by atoms with Gasteiger partial charge in [0.2, 0.25) is 0 Å². The van der Waals surface area contributed by atoms with Crippen molar-refractivity contribution in [2.24, 2.45) is 0 Å². The molecule has 2 rings (SSSR count). The minimum Gasteiger partial charge on any atom is -0.423 e. The third kappa shape index (κ3) is 7.03. The van der Waals surface area contributed by atoms with Gasteiger partial charge in [0, 0.05) is 22.8 Å². The summed E-state index contributed by atoms with van der Waals surface area (Å²) in [5.41, 5.74) is 0.640. The highest BCUT2D eigenvalue weighted by Gasteiger charge is 2.20. The molecule has 2 aromatic carbocycles. The number of hydrogen-bond donors (Lipinski definition) is 0. The molecule has 0 saturated heterocycles. The lowest BCUT2D eigenvalue weighted by Crippen LogP contribution is -2.16. The lowest BCUT2D eigenvalue weighted by atomic mass is 10.2. The summed E-state index contributed by atoms with van der Waals surface area (Å²) in [5, 5.41) is 0. The van der Waals surface area contributed by atoms with Crippen LogP contribution in [-0.2, 0) is 14.4 Å². The topological polar surface area (TPSA) is 105 Å². The summed E-state index contributed by atoms with van der Waals surface area (Å²) in [6.45, 7) is 13.2. The summed E-state index contributed by atoms with van der Waals surface area (Å²) in [6.07, 6.45) is 1.55. The fourth-order valence-electron chi connectivity index (χ4n) is 2.24. The third-order valence-electron chi connectivity index (χ3n) is 4.28. The van der Waals surface area contributed by atoms with E-state index in [1.807, 2.05) is 0 Å². The van der Waals surface area contributed by atoms with Crippen LogP contribution < -0.4 is 18.9 Å². The first-order valence-corrected chi connectivity index (χ1v) is 10.1. The van der Waals surface area contributed by atoms with Crippen molar-refractivity contribution in [1.29, 1.82) is 0 Å². The van der Waals surface area contributed by atoms with Gasteiger partial charge in [-0.15, -0.1) is 0 Å². The number of hydrogen-bond acceptors (Lipinski definition) is 8. The largest absolute Gasteiger partial charge is 0.423 e. The molecule has 0 atom stereocenters. The standard InChI is InChI=1S/C26H24O8/c1-7-17(6)25(29)34-22-14-20(33-24(28)16(4)5)12-13-21(22)26(30)32-19-10-8-18(9-11-19)31-23(27)15(2)3/h7-14H,2,4H2,1,3,5-6H3/b17-7-. The van der Waals surface area contributed by atoms with E-state index in [1.54, 1.807) is 19.9 Å². The zero-order chi connectivity index (χ0) is 25.4. The van der Waals surface area contributed by atoms with E-state index in [0.29, 0.717) is 5.57 Å². The molecule has 0 aliphatic rings. The van der Waals surface area contributed by atoms with Crippen LogP contribution in [0, 0.1) is 0 Å². The fourth-order valence-corrected chi connectivity index (χ4v) is 2.24. The van der Waals surface area contributed by atoms with Crippen molar-refractivity contribution in [3.63, 3.8) is 0 Å². The molecule has 0 radical (unpaired) electrons. The monoisotopic (exact) mass is 464 g/mol. The maximum absolute atomic E-state index is 12.8. The van der Waals surface area contributed by atoms with E-state index in [-0.39, 0.29) is 39.7 Å². The lowest BCUT2D eigenvalue weighted by molar-refractivity contribution is -0.131. The van der Waals surface area contributed by atoms with Gasteiger partial charge in [0.1, 0.15) is 28.6 Å². The lowest BCUT2D eigenvalue weighted by Gasteiger charge is -2.12. The van der Waals surface area contributed by atoms with Crippen LogP contribution in [0.3, 0.4) is 0 Å². The molecule has 0 N–H and O–H groups in total. The van der Waals surface area contributed by atoms with Crippen molar-refractivity contribution in [1.82, 2.24) is 0 Å². The molecule has 0 fully saturated rings. The van der Waals surface area contributed by atoms with Gasteiger partial charge in [0.25, 0.3) is 0 Å². The minimum absolute atomic E-state index is 0.0502. The Kier molecular flexibility index (Phi) is 8.66. The Labute approximate surface area is 197 Å². The van der Waals surface area contributed by atoms with Gasteiger partial charge in [-0.1, -0.05) is 19.2 Å². The Morgan fingerprint density at radius 3 is 1.65 bits per heavy atom. The zero-order valence-corrected chi connectivity index (χ0v) is 19.3. The van der Waals surface area contributed by atoms with Crippen LogP contribution in [0.5, 0.6) is 23.0 Å². The second-order valence-corrected chi connectivity index (χ2v) is 7.22. The van der Waals surface area contributed by atoms with E-state index < -0.39 is 23.9 Å². The van der Waals surface area contributed by atoms with Crippen LogP contribution in [0.1, 0.15) is 38.1 Å². The van der Waals surface area contributed by atoms with Gasteiger partial charge in [-0.3, -0.25) is 0 Å². The molecular formula is C26H24O8. The van der Waals surface area contributed by atoms with Crippen molar-refractivity contribution in [3.05, 3.63) is 84.0 Å². The molecule has 34 heavy (non-hydrogen) atoms. The van der Waals surface area contributed by atoms with Gasteiger partial charge in [-0.05, 0) is 64.1 Å². The third-order valence-corrected chi connectivity index (χ3v) is 4.28. The second kappa shape index (κ2) is 11.4. The van der Waals surface area contributed by atoms with Crippen molar-refractivity contribution < 1.29 is 38.1 Å². The highest BCUT2D eigenvalue weighted by molar-refractivity contribution is 5.97. The van der Waals surface area contributed by atoms with Crippen molar-refractivity contribution in [2.75, 3.05) is 0 Å². The van der Waals surface area contributed by atoms with Crippen LogP contribution in [0.4, 0.5) is 0 Å². The average Bonchev–Trinajstić information content (AvgIpc) is 2.79. The fraction of sp³-hybridized carbons (Fsp3) is 0.154. The van der Waals surface area contributed by atoms with E-state index in [0.717, 1.165) is 0 Å². The predicted molar refractivity (Wildman–Crippen MR) is 124 cm³/mol. The Morgan fingerprint density at radius 2 is 1.15 bits per heavy atom. The molecule has 0 bridgehead atoms. The molecule has 8 nitrogen and oxygen atoms in total. The summed E-state index contributed by atoms with van der Waals surface area (Å²) in [5.74, 6) is -2.49. The number of carbonyl (C=O) groups excluding carboxylic acids is 4. The SMILES string of the molecule is C=C(C)C(=O)Oc1ccc(OC(=O)c2ccc(OC(=O)C(=C)C)cc2OC(=O)/C(C)=C\C)cc1. The first kappa shape index (κ1) is 25.8. The van der Waals surface area contributed by atoms with Crippen LogP contribution in [0.2, 0.25) is 0 Å². The number of ether oxygens (including phenoxy) is 4. The quantitative estimate of drug-likeness (QED) is 0.313. The van der Waals surface area contributed by atoms with Gasteiger partial charge in [-0.25, -0.2) is 19.2 Å². The highest BCUT2D eigenvalue weighted by Crippen LogP contribution is 2.28. The first-order chi connectivity index (χ1) is 16.0. The summed E-state index contributed by atoms with van der Waals surface area (Å²) in [7, 11) is 0. The molecule has 2 aromatic rings. The van der Waals surface area contributed by atoms with Crippen LogP contribution in [0.15, 0.2) is 78.4 Å². The maximum atomic E-state index is 12.8. The normalized spacial score (nSPS) is 10.6. The second-order valence-electron chi connectivity index (χ2n) is 7.22. The molecule has 0 amide bonds. The summed E-state index contributed by atoms with van der Waals surface area (Å²) in [6, 6.07) is 9.64. The van der Waals surface area contributed by atoms with Crippen molar-refractivity contribution >= 4 is 23.9 Å². The highest BCUT2D eigenvalue weighted by atomic mass is 16.6. The first-order valence-electron chi connectivity index (χ1n) is 10.1. The van der Waals surface area contributed by atoms with E-state index in [2.05, 4.69) is 13.2 Å². The molecule has 0 aromatic heterocycles. The number of esters is 4. The Morgan fingerprint density at radius 1 is 0.676 bits per heavy atom. The van der Waals surface area contributed by atoms with Gasteiger partial charge < -0.3 is 18.9 Å². The molecule has 0 aliphatic heterocycles. The maximum Gasteiger partial charge on any atom is 0.347 e. The van der Waals surface area contributed by atoms with Gasteiger partial charge >= 0.3 is 23.9 Å². The van der Waals surface area contributed by atoms with Gasteiger partial charge in [0.05, 0.1) is 0 Å². The van der Waals surface area contributed by atoms with E-state index in [4.69, 9.17) is 18.9 Å². The van der Waals surface area contributed by atoms with Gasteiger partial charge in [0.15, 0.2) is 0 Å². The Balaban J connectivity index is 2.28. The average molecular weight is 464 g/mol. The van der Waals surface area contributed by atoms with Crippen LogP contribution in [-0.4, -0.2) is 23.9 Å².